The quantitative estimate of drug-likeness (QED) is 0.573. The first-order chi connectivity index (χ1) is 16.8. The molecular weight excluding hydrogens is 460 g/mol. The Hall–Kier alpha value is -2.58. The lowest BCUT2D eigenvalue weighted by molar-refractivity contribution is 0.0785. The topological polar surface area (TPSA) is 64.2 Å². The molecule has 2 aromatic rings. The van der Waals surface area contributed by atoms with Gasteiger partial charge in [0, 0.05) is 65.2 Å². The Labute approximate surface area is 210 Å². The summed E-state index contributed by atoms with van der Waals surface area (Å²) in [6.07, 6.45) is 7.11. The molecule has 8 heteroatoms. The summed E-state index contributed by atoms with van der Waals surface area (Å²) >= 11 is 0. The second-order valence-corrected chi connectivity index (χ2v) is 12.0. The Morgan fingerprint density at radius 1 is 0.800 bits per heavy atom. The Morgan fingerprint density at radius 3 is 1.94 bits per heavy atom. The molecule has 190 valence electrons. The number of anilines is 2. The molecule has 1 amide bonds. The maximum Gasteiger partial charge on any atom is 0.256 e. The van der Waals surface area contributed by atoms with Crippen LogP contribution in [0.4, 0.5) is 11.4 Å². The lowest BCUT2D eigenvalue weighted by Crippen LogP contribution is -2.34. The van der Waals surface area contributed by atoms with Crippen molar-refractivity contribution in [1.82, 2.24) is 9.21 Å². The molecule has 2 aliphatic rings. The van der Waals surface area contributed by atoms with Crippen LogP contribution < -0.4 is 9.80 Å². The molecule has 0 N–H and O–H groups in total. The summed E-state index contributed by atoms with van der Waals surface area (Å²) in [6.45, 7) is 4.42. The molecule has 7 nitrogen and oxygen atoms in total. The van der Waals surface area contributed by atoms with Crippen molar-refractivity contribution in [1.29, 1.82) is 0 Å². The second kappa shape index (κ2) is 11.0. The van der Waals surface area contributed by atoms with Gasteiger partial charge in [0.2, 0.25) is 10.0 Å². The van der Waals surface area contributed by atoms with E-state index in [-0.39, 0.29) is 10.8 Å². The number of carbonyl (C=O) groups excluding carboxylic acids is 1. The Morgan fingerprint density at radius 2 is 1.37 bits per heavy atom. The Kier molecular flexibility index (Phi) is 8.02. The average Bonchev–Trinajstić information content (AvgIpc) is 2.89. The van der Waals surface area contributed by atoms with Crippen LogP contribution in [-0.4, -0.2) is 70.9 Å². The lowest BCUT2D eigenvalue weighted by atomic mass is 10.1. The highest BCUT2D eigenvalue weighted by molar-refractivity contribution is 7.89. The van der Waals surface area contributed by atoms with Crippen LogP contribution >= 0.6 is 0 Å². The van der Waals surface area contributed by atoms with Gasteiger partial charge in [-0.15, -0.1) is 0 Å². The predicted molar refractivity (Wildman–Crippen MR) is 142 cm³/mol. The summed E-state index contributed by atoms with van der Waals surface area (Å²) in [7, 11) is 1.16. The van der Waals surface area contributed by atoms with Gasteiger partial charge in [-0.05, 0) is 74.4 Å². The van der Waals surface area contributed by atoms with Gasteiger partial charge in [-0.3, -0.25) is 4.79 Å². The SMILES string of the molecule is CN(Cc1ccc(N2CCCCC2)cc1)C(=O)c1cc(S(=O)(=O)N(C)C)ccc1N1CCCCC1. The van der Waals surface area contributed by atoms with Gasteiger partial charge < -0.3 is 14.7 Å². The fourth-order valence-corrected chi connectivity index (χ4v) is 5.91. The summed E-state index contributed by atoms with van der Waals surface area (Å²) in [5, 5.41) is 0. The highest BCUT2D eigenvalue weighted by Gasteiger charge is 2.25. The maximum absolute atomic E-state index is 13.7. The fraction of sp³-hybridized carbons (Fsp3) is 0.519. The van der Waals surface area contributed by atoms with Crippen LogP contribution in [0, 0.1) is 0 Å². The summed E-state index contributed by atoms with van der Waals surface area (Å²) in [4.78, 5) is 20.1. The standard InChI is InChI=1S/C27H38N4O3S/c1-28(2)35(33,34)24-14-15-26(31-18-8-5-9-19-31)25(20-24)27(32)29(3)21-22-10-12-23(13-11-22)30-16-6-4-7-17-30/h10-15,20H,4-9,16-19,21H2,1-3H3. The second-order valence-electron chi connectivity index (χ2n) is 9.89. The minimum absolute atomic E-state index is 0.144. The number of amides is 1. The zero-order valence-electron chi connectivity index (χ0n) is 21.2. The molecule has 0 bridgehead atoms. The van der Waals surface area contributed by atoms with Crippen molar-refractivity contribution >= 4 is 27.3 Å². The monoisotopic (exact) mass is 498 g/mol. The predicted octanol–water partition coefficient (Wildman–Crippen LogP) is 4.19. The van der Waals surface area contributed by atoms with Gasteiger partial charge in [-0.2, -0.15) is 0 Å². The van der Waals surface area contributed by atoms with Crippen molar-refractivity contribution in [2.45, 2.75) is 50.0 Å². The van der Waals surface area contributed by atoms with Crippen molar-refractivity contribution in [2.24, 2.45) is 0 Å². The molecule has 4 rings (SSSR count). The van der Waals surface area contributed by atoms with Crippen molar-refractivity contribution in [2.75, 3.05) is 57.1 Å². The van der Waals surface area contributed by atoms with Crippen LogP contribution in [0.3, 0.4) is 0 Å². The number of benzene rings is 2. The van der Waals surface area contributed by atoms with Crippen LogP contribution in [0.5, 0.6) is 0 Å². The highest BCUT2D eigenvalue weighted by Crippen LogP contribution is 2.29. The first-order valence-electron chi connectivity index (χ1n) is 12.7. The molecule has 0 aliphatic carbocycles. The molecule has 2 fully saturated rings. The first kappa shape index (κ1) is 25.5. The summed E-state index contributed by atoms with van der Waals surface area (Å²) in [6, 6.07) is 13.4. The Balaban J connectivity index is 1.57. The van der Waals surface area contributed by atoms with Gasteiger partial charge >= 0.3 is 0 Å². The normalized spacial score (nSPS) is 17.0. The fourth-order valence-electron chi connectivity index (χ4n) is 4.98. The molecule has 2 aromatic carbocycles. The van der Waals surface area contributed by atoms with E-state index in [9.17, 15) is 13.2 Å². The molecule has 2 aliphatic heterocycles. The van der Waals surface area contributed by atoms with Crippen LogP contribution in [-0.2, 0) is 16.6 Å². The third-order valence-corrected chi connectivity index (χ3v) is 8.91. The van der Waals surface area contributed by atoms with Gasteiger partial charge in [0.05, 0.1) is 10.5 Å². The number of sulfonamides is 1. The van der Waals surface area contributed by atoms with Crippen molar-refractivity contribution in [3.8, 4) is 0 Å². The molecule has 2 saturated heterocycles. The molecule has 35 heavy (non-hydrogen) atoms. The van der Waals surface area contributed by atoms with Crippen molar-refractivity contribution < 1.29 is 13.2 Å². The molecule has 0 saturated carbocycles. The number of piperidine rings is 2. The van der Waals surface area contributed by atoms with E-state index in [4.69, 9.17) is 0 Å². The number of hydrogen-bond donors (Lipinski definition) is 0. The molecule has 0 atom stereocenters. The van der Waals surface area contributed by atoms with E-state index < -0.39 is 10.0 Å². The van der Waals surface area contributed by atoms with E-state index in [0.29, 0.717) is 12.1 Å². The summed E-state index contributed by atoms with van der Waals surface area (Å²) in [5.41, 5.74) is 3.55. The largest absolute Gasteiger partial charge is 0.372 e. The summed E-state index contributed by atoms with van der Waals surface area (Å²) < 4.78 is 26.8. The first-order valence-corrected chi connectivity index (χ1v) is 14.1. The van der Waals surface area contributed by atoms with E-state index in [1.807, 2.05) is 0 Å². The molecule has 0 unspecified atom stereocenters. The van der Waals surface area contributed by atoms with Crippen molar-refractivity contribution in [3.05, 3.63) is 53.6 Å². The zero-order valence-corrected chi connectivity index (χ0v) is 22.1. The van der Waals surface area contributed by atoms with Crippen LogP contribution in [0.1, 0.15) is 54.4 Å². The van der Waals surface area contributed by atoms with Crippen LogP contribution in [0.2, 0.25) is 0 Å². The zero-order chi connectivity index (χ0) is 25.0. The van der Waals surface area contributed by atoms with Gasteiger partial charge in [0.1, 0.15) is 0 Å². The van der Waals surface area contributed by atoms with E-state index in [2.05, 4.69) is 34.1 Å². The molecule has 0 aromatic heterocycles. The molecule has 0 radical (unpaired) electrons. The number of rotatable bonds is 7. The van der Waals surface area contributed by atoms with E-state index >= 15 is 0 Å². The number of hydrogen-bond acceptors (Lipinski definition) is 5. The lowest BCUT2D eigenvalue weighted by Gasteiger charge is -2.31. The minimum Gasteiger partial charge on any atom is -0.372 e. The van der Waals surface area contributed by atoms with Gasteiger partial charge in [0.25, 0.3) is 5.91 Å². The average molecular weight is 499 g/mol. The molecule has 2 heterocycles. The maximum atomic E-state index is 13.7. The number of carbonyl (C=O) groups is 1. The minimum atomic E-state index is -3.64. The van der Waals surface area contributed by atoms with Gasteiger partial charge in [0.15, 0.2) is 0 Å². The van der Waals surface area contributed by atoms with E-state index in [0.717, 1.165) is 50.3 Å². The van der Waals surface area contributed by atoms with Gasteiger partial charge in [-0.25, -0.2) is 12.7 Å². The third-order valence-electron chi connectivity index (χ3n) is 7.10. The number of nitrogens with zero attached hydrogens (tertiary/aromatic N) is 4. The molecule has 0 spiro atoms. The van der Waals surface area contributed by atoms with E-state index in [1.54, 1.807) is 30.1 Å². The smallest absolute Gasteiger partial charge is 0.256 e. The molecular formula is C27H38N4O3S. The van der Waals surface area contributed by atoms with E-state index in [1.165, 1.54) is 49.8 Å². The Bertz CT molecular complexity index is 1120. The van der Waals surface area contributed by atoms with Crippen LogP contribution in [0.25, 0.3) is 0 Å². The van der Waals surface area contributed by atoms with Crippen molar-refractivity contribution in [3.63, 3.8) is 0 Å². The van der Waals surface area contributed by atoms with Crippen LogP contribution in [0.15, 0.2) is 47.4 Å². The van der Waals surface area contributed by atoms with Gasteiger partial charge in [-0.1, -0.05) is 12.1 Å². The highest BCUT2D eigenvalue weighted by atomic mass is 32.2. The third kappa shape index (κ3) is 5.81. The summed E-state index contributed by atoms with van der Waals surface area (Å²) in [5.74, 6) is -0.165.